The lowest BCUT2D eigenvalue weighted by molar-refractivity contribution is 0.128. The number of hydrogen-bond acceptors (Lipinski definition) is 7. The van der Waals surface area contributed by atoms with Crippen LogP contribution in [0, 0.1) is 6.92 Å². The Morgan fingerprint density at radius 3 is 2.65 bits per heavy atom. The Kier molecular flexibility index (Phi) is 4.58. The van der Waals surface area contributed by atoms with Gasteiger partial charge in [-0.3, -0.25) is 0 Å². The van der Waals surface area contributed by atoms with Crippen LogP contribution in [0.1, 0.15) is 22.6 Å². The number of anilines is 1. The Bertz CT molecular complexity index is 816. The van der Waals surface area contributed by atoms with Gasteiger partial charge in [-0.25, -0.2) is 4.98 Å². The van der Waals surface area contributed by atoms with Crippen LogP contribution < -0.4 is 5.73 Å². The molecule has 23 heavy (non-hydrogen) atoms. The van der Waals surface area contributed by atoms with Crippen LogP contribution in [0.25, 0.3) is 0 Å². The van der Waals surface area contributed by atoms with Crippen molar-refractivity contribution in [3.8, 4) is 0 Å². The average Bonchev–Trinajstić information content (AvgIpc) is 2.98. The third kappa shape index (κ3) is 3.70. The molecule has 1 aromatic carbocycles. The number of nitrogens with zero attached hydrogens (tertiary/aromatic N) is 4. The minimum atomic E-state index is 0.234. The third-order valence-electron chi connectivity index (χ3n) is 3.12. The summed E-state index contributed by atoms with van der Waals surface area (Å²) in [7, 11) is 0. The van der Waals surface area contributed by atoms with Gasteiger partial charge in [-0.1, -0.05) is 41.6 Å². The van der Waals surface area contributed by atoms with Gasteiger partial charge in [0.1, 0.15) is 17.2 Å². The number of aromatic nitrogens is 3. The van der Waals surface area contributed by atoms with E-state index in [-0.39, 0.29) is 6.61 Å². The van der Waals surface area contributed by atoms with E-state index in [0.717, 1.165) is 28.7 Å². The molecule has 0 unspecified atom stereocenters. The summed E-state index contributed by atoms with van der Waals surface area (Å²) in [6.45, 7) is 2.13. The molecule has 0 atom stereocenters. The zero-order valence-electron chi connectivity index (χ0n) is 12.5. The number of aryl methyl sites for hydroxylation is 1. The van der Waals surface area contributed by atoms with Crippen LogP contribution in [0.5, 0.6) is 0 Å². The van der Waals surface area contributed by atoms with Gasteiger partial charge in [0.2, 0.25) is 0 Å². The topological polar surface area (TPSA) is 86.3 Å². The molecule has 0 aliphatic rings. The predicted molar refractivity (Wildman–Crippen MR) is 90.2 cm³/mol. The Morgan fingerprint density at radius 2 is 1.96 bits per heavy atom. The van der Waals surface area contributed by atoms with Crippen LogP contribution in [0.15, 0.2) is 53.7 Å². The van der Waals surface area contributed by atoms with Gasteiger partial charge >= 0.3 is 0 Å². The number of hydrogen-bond donors (Lipinski definition) is 1. The lowest BCUT2D eigenvalue weighted by Crippen LogP contribution is -2.07. The Morgan fingerprint density at radius 1 is 1.13 bits per heavy atom. The van der Waals surface area contributed by atoms with E-state index in [0.29, 0.717) is 17.2 Å². The summed E-state index contributed by atoms with van der Waals surface area (Å²) in [5, 5.41) is 4.26. The van der Waals surface area contributed by atoms with Crippen LogP contribution in [-0.4, -0.2) is 19.4 Å². The normalized spacial score (nSPS) is 11.4. The van der Waals surface area contributed by atoms with Gasteiger partial charge in [-0.2, -0.15) is 8.75 Å². The molecule has 2 heterocycles. The summed E-state index contributed by atoms with van der Waals surface area (Å²) in [4.78, 5) is 9.66. The van der Waals surface area contributed by atoms with E-state index in [4.69, 9.17) is 10.6 Å². The highest BCUT2D eigenvalue weighted by Crippen LogP contribution is 2.14. The summed E-state index contributed by atoms with van der Waals surface area (Å²) in [6, 6.07) is 15.1. The minimum Gasteiger partial charge on any atom is -0.389 e. The number of oxime groups is 1. The Hall–Kier alpha value is -2.80. The molecule has 3 aromatic rings. The van der Waals surface area contributed by atoms with Gasteiger partial charge in [0, 0.05) is 5.56 Å². The number of nitrogen functional groups attached to an aromatic ring is 1. The highest BCUT2D eigenvalue weighted by molar-refractivity contribution is 6.99. The lowest BCUT2D eigenvalue weighted by Gasteiger charge is -2.05. The van der Waals surface area contributed by atoms with Crippen LogP contribution in [0.2, 0.25) is 0 Å². The van der Waals surface area contributed by atoms with Crippen LogP contribution in [0.3, 0.4) is 0 Å². The van der Waals surface area contributed by atoms with E-state index in [1.54, 1.807) is 6.07 Å². The first-order valence-electron chi connectivity index (χ1n) is 7.00. The fraction of sp³-hybridized carbons (Fsp3) is 0.125. The first kappa shape index (κ1) is 15.1. The molecule has 0 spiro atoms. The SMILES string of the molecule is Cc1nsnc1C(=NOCc1cccc(N)n1)c1ccccc1. The van der Waals surface area contributed by atoms with E-state index in [2.05, 4.69) is 18.9 Å². The number of pyridine rings is 1. The van der Waals surface area contributed by atoms with Crippen molar-refractivity contribution in [1.82, 2.24) is 13.7 Å². The largest absolute Gasteiger partial charge is 0.389 e. The molecule has 0 saturated carbocycles. The van der Waals surface area contributed by atoms with Gasteiger partial charge in [0.15, 0.2) is 6.61 Å². The van der Waals surface area contributed by atoms with Crippen molar-refractivity contribution in [3.63, 3.8) is 0 Å². The van der Waals surface area contributed by atoms with Crippen molar-refractivity contribution >= 4 is 23.3 Å². The maximum Gasteiger partial charge on any atom is 0.159 e. The molecule has 2 N–H and O–H groups in total. The van der Waals surface area contributed by atoms with Crippen molar-refractivity contribution in [1.29, 1.82) is 0 Å². The summed E-state index contributed by atoms with van der Waals surface area (Å²) in [6.07, 6.45) is 0. The second-order valence-electron chi connectivity index (χ2n) is 4.83. The van der Waals surface area contributed by atoms with E-state index in [1.165, 1.54) is 0 Å². The fourth-order valence-electron chi connectivity index (χ4n) is 2.02. The molecule has 6 nitrogen and oxygen atoms in total. The van der Waals surface area contributed by atoms with Gasteiger partial charge in [-0.15, -0.1) is 0 Å². The third-order valence-corrected chi connectivity index (χ3v) is 3.74. The second-order valence-corrected chi connectivity index (χ2v) is 5.36. The average molecular weight is 325 g/mol. The zero-order chi connectivity index (χ0) is 16.1. The molecule has 7 heteroatoms. The van der Waals surface area contributed by atoms with Crippen LogP contribution in [0.4, 0.5) is 5.82 Å². The highest BCUT2D eigenvalue weighted by atomic mass is 32.1. The van der Waals surface area contributed by atoms with E-state index in [1.807, 2.05) is 49.4 Å². The molecule has 0 aliphatic heterocycles. The zero-order valence-corrected chi connectivity index (χ0v) is 13.3. The van der Waals surface area contributed by atoms with Gasteiger partial charge < -0.3 is 10.6 Å². The van der Waals surface area contributed by atoms with Crippen LogP contribution >= 0.6 is 11.7 Å². The molecule has 0 radical (unpaired) electrons. The van der Waals surface area contributed by atoms with Crippen molar-refractivity contribution in [2.24, 2.45) is 5.16 Å². The van der Waals surface area contributed by atoms with Crippen molar-refractivity contribution < 1.29 is 4.84 Å². The van der Waals surface area contributed by atoms with Crippen molar-refractivity contribution in [2.75, 3.05) is 5.73 Å². The predicted octanol–water partition coefficient (Wildman–Crippen LogP) is 2.79. The van der Waals surface area contributed by atoms with E-state index in [9.17, 15) is 0 Å². The molecular formula is C16H15N5OS. The van der Waals surface area contributed by atoms with Gasteiger partial charge in [-0.05, 0) is 19.1 Å². The molecule has 0 amide bonds. The van der Waals surface area contributed by atoms with Crippen molar-refractivity contribution in [3.05, 3.63) is 71.2 Å². The molecule has 0 bridgehead atoms. The number of nitrogens with two attached hydrogens (primary N) is 1. The van der Waals surface area contributed by atoms with Crippen molar-refractivity contribution in [2.45, 2.75) is 13.5 Å². The van der Waals surface area contributed by atoms with E-state index >= 15 is 0 Å². The molecule has 3 rings (SSSR count). The van der Waals surface area contributed by atoms with E-state index < -0.39 is 0 Å². The maximum absolute atomic E-state index is 5.66. The lowest BCUT2D eigenvalue weighted by atomic mass is 10.1. The second kappa shape index (κ2) is 6.97. The standard InChI is InChI=1S/C16H15N5OS/c1-11-15(21-23-20-11)16(12-6-3-2-4-7-12)19-22-10-13-8-5-9-14(17)18-13/h2-9H,10H2,1H3,(H2,17,18). The first-order valence-corrected chi connectivity index (χ1v) is 7.73. The van der Waals surface area contributed by atoms with Crippen LogP contribution in [-0.2, 0) is 11.4 Å². The summed E-state index contributed by atoms with van der Waals surface area (Å²) in [5.41, 5.74) is 9.50. The monoisotopic (exact) mass is 325 g/mol. The summed E-state index contributed by atoms with van der Waals surface area (Å²) < 4.78 is 8.52. The fourth-order valence-corrected chi connectivity index (χ4v) is 2.57. The number of benzene rings is 1. The first-order chi connectivity index (χ1) is 11.2. The molecule has 0 saturated heterocycles. The highest BCUT2D eigenvalue weighted by Gasteiger charge is 2.14. The summed E-state index contributed by atoms with van der Waals surface area (Å²) in [5.74, 6) is 0.456. The molecule has 2 aromatic heterocycles. The quantitative estimate of drug-likeness (QED) is 0.576. The smallest absolute Gasteiger partial charge is 0.159 e. The van der Waals surface area contributed by atoms with Gasteiger partial charge in [0.05, 0.1) is 23.1 Å². The Labute approximate surface area is 138 Å². The molecule has 116 valence electrons. The molecule has 0 aliphatic carbocycles. The molecular weight excluding hydrogens is 310 g/mol. The summed E-state index contributed by atoms with van der Waals surface area (Å²) >= 11 is 1.16. The number of rotatable bonds is 5. The minimum absolute atomic E-state index is 0.234. The maximum atomic E-state index is 5.66. The van der Waals surface area contributed by atoms with Gasteiger partial charge in [0.25, 0.3) is 0 Å². The Balaban J connectivity index is 1.85. The molecule has 0 fully saturated rings.